The van der Waals surface area contributed by atoms with E-state index in [0.717, 1.165) is 0 Å². The van der Waals surface area contributed by atoms with Gasteiger partial charge in [0, 0.05) is 12.1 Å². The molecule has 1 amide bonds. The van der Waals surface area contributed by atoms with Crippen molar-refractivity contribution in [2.75, 3.05) is 34.4 Å². The summed E-state index contributed by atoms with van der Waals surface area (Å²) in [5, 5.41) is 15.5. The van der Waals surface area contributed by atoms with Gasteiger partial charge in [-0.3, -0.25) is 4.79 Å². The first-order valence-corrected chi connectivity index (χ1v) is 5.93. The molecule has 7 heteroatoms. The summed E-state index contributed by atoms with van der Waals surface area (Å²) in [6.07, 6.45) is -0.856. The third kappa shape index (κ3) is 5.24. The fourth-order valence-electron chi connectivity index (χ4n) is 1.64. The summed E-state index contributed by atoms with van der Waals surface area (Å²) in [6, 6.07) is 5.15. The molecule has 0 heterocycles. The topological polar surface area (TPSA) is 79.8 Å². The fraction of sp³-hybridized carbons (Fsp3) is 0.462. The quantitative estimate of drug-likeness (QED) is 0.683. The second-order valence-electron chi connectivity index (χ2n) is 3.96. The van der Waals surface area contributed by atoms with Gasteiger partial charge >= 0.3 is 0 Å². The number of nitrogens with one attached hydrogen (secondary N) is 2. The van der Waals surface area contributed by atoms with Crippen LogP contribution in [0.15, 0.2) is 18.2 Å². The predicted octanol–water partition coefficient (Wildman–Crippen LogP) is 0.495. The maximum atomic E-state index is 11.3. The second kappa shape index (κ2) is 9.41. The van der Waals surface area contributed by atoms with E-state index in [9.17, 15) is 9.90 Å². The third-order valence-electron chi connectivity index (χ3n) is 2.63. The molecule has 6 nitrogen and oxygen atoms in total. The minimum atomic E-state index is -0.856. The number of aliphatic hydroxyl groups is 1. The number of halogens is 1. The molecule has 0 aromatic heterocycles. The number of amides is 1. The van der Waals surface area contributed by atoms with Crippen molar-refractivity contribution >= 4 is 18.3 Å². The van der Waals surface area contributed by atoms with Crippen LogP contribution in [0, 0.1) is 0 Å². The van der Waals surface area contributed by atoms with Crippen LogP contribution in [0.2, 0.25) is 0 Å². The monoisotopic (exact) mass is 304 g/mol. The van der Waals surface area contributed by atoms with E-state index in [-0.39, 0.29) is 31.4 Å². The Balaban J connectivity index is 0.00000361. The SMILES string of the molecule is CNCC(=O)NCC(O)c1cc(OC)ccc1OC.Cl. The van der Waals surface area contributed by atoms with Crippen molar-refractivity contribution in [2.24, 2.45) is 0 Å². The molecule has 0 spiro atoms. The second-order valence-corrected chi connectivity index (χ2v) is 3.96. The smallest absolute Gasteiger partial charge is 0.234 e. The van der Waals surface area contributed by atoms with Crippen LogP contribution in [0.1, 0.15) is 11.7 Å². The Morgan fingerprint density at radius 1 is 1.35 bits per heavy atom. The van der Waals surface area contributed by atoms with Gasteiger partial charge in [-0.2, -0.15) is 0 Å². The van der Waals surface area contributed by atoms with E-state index in [2.05, 4.69) is 10.6 Å². The number of hydrogen-bond acceptors (Lipinski definition) is 5. The van der Waals surface area contributed by atoms with E-state index in [4.69, 9.17) is 9.47 Å². The molecule has 1 rings (SSSR count). The van der Waals surface area contributed by atoms with Gasteiger partial charge < -0.3 is 25.2 Å². The van der Waals surface area contributed by atoms with E-state index in [1.807, 2.05) is 0 Å². The molecule has 0 aliphatic heterocycles. The van der Waals surface area contributed by atoms with Crippen molar-refractivity contribution in [3.8, 4) is 11.5 Å². The first kappa shape index (κ1) is 18.5. The summed E-state index contributed by atoms with van der Waals surface area (Å²) in [7, 11) is 4.76. The minimum absolute atomic E-state index is 0. The molecule has 0 bridgehead atoms. The Hall–Kier alpha value is -1.50. The number of likely N-dealkylation sites (N-methyl/N-ethyl adjacent to an activating group) is 1. The standard InChI is InChI=1S/C13H20N2O4.ClH/c1-14-8-13(17)15-7-11(16)10-6-9(18-2)4-5-12(10)19-3;/h4-6,11,14,16H,7-8H2,1-3H3,(H,15,17);1H. The lowest BCUT2D eigenvalue weighted by Gasteiger charge is -2.16. The summed E-state index contributed by atoms with van der Waals surface area (Å²) >= 11 is 0. The zero-order chi connectivity index (χ0) is 14.3. The molecule has 1 aromatic carbocycles. The van der Waals surface area contributed by atoms with Gasteiger partial charge in [0.2, 0.25) is 5.91 Å². The van der Waals surface area contributed by atoms with Crippen molar-refractivity contribution in [3.63, 3.8) is 0 Å². The van der Waals surface area contributed by atoms with Crippen LogP contribution in [0.4, 0.5) is 0 Å². The van der Waals surface area contributed by atoms with Crippen molar-refractivity contribution in [1.82, 2.24) is 10.6 Å². The van der Waals surface area contributed by atoms with Gasteiger partial charge in [-0.15, -0.1) is 12.4 Å². The van der Waals surface area contributed by atoms with E-state index in [1.165, 1.54) is 7.11 Å². The minimum Gasteiger partial charge on any atom is -0.497 e. The largest absolute Gasteiger partial charge is 0.497 e. The zero-order valence-electron chi connectivity index (χ0n) is 11.8. The molecule has 0 aliphatic carbocycles. The number of hydrogen-bond donors (Lipinski definition) is 3. The molecule has 0 fully saturated rings. The average Bonchev–Trinajstić information content (AvgIpc) is 2.44. The molecule has 20 heavy (non-hydrogen) atoms. The Labute approximate surface area is 124 Å². The maximum Gasteiger partial charge on any atom is 0.234 e. The lowest BCUT2D eigenvalue weighted by Crippen LogP contribution is -2.34. The fourth-order valence-corrected chi connectivity index (χ4v) is 1.64. The maximum absolute atomic E-state index is 11.3. The van der Waals surface area contributed by atoms with Crippen molar-refractivity contribution < 1.29 is 19.4 Å². The summed E-state index contributed by atoms with van der Waals surface area (Å²) in [5.41, 5.74) is 0.576. The lowest BCUT2D eigenvalue weighted by atomic mass is 10.1. The summed E-state index contributed by atoms with van der Waals surface area (Å²) in [5.74, 6) is 0.996. The Morgan fingerprint density at radius 3 is 2.60 bits per heavy atom. The van der Waals surface area contributed by atoms with Gasteiger partial charge in [-0.25, -0.2) is 0 Å². The molecule has 0 radical (unpaired) electrons. The number of rotatable bonds is 7. The number of ether oxygens (including phenoxy) is 2. The molecule has 0 aliphatic rings. The average molecular weight is 305 g/mol. The molecule has 114 valence electrons. The lowest BCUT2D eigenvalue weighted by molar-refractivity contribution is -0.120. The molecular formula is C13H21ClN2O4. The third-order valence-corrected chi connectivity index (χ3v) is 2.63. The van der Waals surface area contributed by atoms with Crippen LogP contribution in [0.25, 0.3) is 0 Å². The summed E-state index contributed by atoms with van der Waals surface area (Å²) in [6.45, 7) is 0.325. The highest BCUT2D eigenvalue weighted by Gasteiger charge is 2.15. The first-order valence-electron chi connectivity index (χ1n) is 5.93. The molecule has 1 atom stereocenters. The first-order chi connectivity index (χ1) is 9.12. The van der Waals surface area contributed by atoms with Gasteiger partial charge in [-0.1, -0.05) is 0 Å². The number of carbonyl (C=O) groups is 1. The normalized spacial score (nSPS) is 11.2. The molecular weight excluding hydrogens is 284 g/mol. The number of methoxy groups -OCH3 is 2. The Morgan fingerprint density at radius 2 is 2.05 bits per heavy atom. The van der Waals surface area contributed by atoms with Crippen molar-refractivity contribution in [3.05, 3.63) is 23.8 Å². The van der Waals surface area contributed by atoms with Crippen LogP contribution in [-0.2, 0) is 4.79 Å². The van der Waals surface area contributed by atoms with Crippen LogP contribution < -0.4 is 20.1 Å². The summed E-state index contributed by atoms with van der Waals surface area (Å²) < 4.78 is 10.3. The molecule has 0 saturated carbocycles. The van der Waals surface area contributed by atoms with Crippen LogP contribution in [0.5, 0.6) is 11.5 Å². The van der Waals surface area contributed by atoms with Crippen LogP contribution >= 0.6 is 12.4 Å². The van der Waals surface area contributed by atoms with E-state index in [1.54, 1.807) is 32.4 Å². The zero-order valence-corrected chi connectivity index (χ0v) is 12.6. The molecule has 0 saturated heterocycles. The van der Waals surface area contributed by atoms with Crippen LogP contribution in [0.3, 0.4) is 0 Å². The van der Waals surface area contributed by atoms with Gasteiger partial charge in [-0.05, 0) is 25.2 Å². The highest BCUT2D eigenvalue weighted by atomic mass is 35.5. The van der Waals surface area contributed by atoms with Gasteiger partial charge in [0.1, 0.15) is 11.5 Å². The number of benzene rings is 1. The van der Waals surface area contributed by atoms with E-state index < -0.39 is 6.10 Å². The van der Waals surface area contributed by atoms with E-state index >= 15 is 0 Å². The van der Waals surface area contributed by atoms with Gasteiger partial charge in [0.25, 0.3) is 0 Å². The number of aliphatic hydroxyl groups excluding tert-OH is 1. The highest BCUT2D eigenvalue weighted by Crippen LogP contribution is 2.28. The predicted molar refractivity (Wildman–Crippen MR) is 78.7 cm³/mol. The molecule has 3 N–H and O–H groups in total. The summed E-state index contributed by atoms with van der Waals surface area (Å²) in [4.78, 5) is 11.3. The molecule has 1 unspecified atom stereocenters. The van der Waals surface area contributed by atoms with Crippen LogP contribution in [-0.4, -0.2) is 45.4 Å². The van der Waals surface area contributed by atoms with E-state index in [0.29, 0.717) is 17.1 Å². The van der Waals surface area contributed by atoms with Gasteiger partial charge in [0.05, 0.1) is 26.9 Å². The van der Waals surface area contributed by atoms with Crippen molar-refractivity contribution in [2.45, 2.75) is 6.10 Å². The highest BCUT2D eigenvalue weighted by molar-refractivity contribution is 5.85. The Bertz CT molecular complexity index is 429. The Kier molecular flexibility index (Phi) is 8.71. The molecule has 1 aromatic rings. The number of carbonyl (C=O) groups excluding carboxylic acids is 1. The van der Waals surface area contributed by atoms with Gasteiger partial charge in [0.15, 0.2) is 0 Å². The van der Waals surface area contributed by atoms with Crippen molar-refractivity contribution in [1.29, 1.82) is 0 Å².